The number of benzene rings is 1. The van der Waals surface area contributed by atoms with Crippen LogP contribution in [0.4, 0.5) is 13.2 Å². The van der Waals surface area contributed by atoms with E-state index >= 15 is 0 Å². The van der Waals surface area contributed by atoms with Gasteiger partial charge in [0, 0.05) is 5.92 Å². The van der Waals surface area contributed by atoms with Gasteiger partial charge in [-0.05, 0) is 31.4 Å². The summed E-state index contributed by atoms with van der Waals surface area (Å²) in [5.41, 5.74) is 0.165. The fourth-order valence-corrected chi connectivity index (χ4v) is 3.65. The SMILES string of the molecule is Cc1ccc(C2C=C(C(F)(F)F)NC(=O)C23CCCC3)cc1. The summed E-state index contributed by atoms with van der Waals surface area (Å²) in [4.78, 5) is 12.5. The molecule has 0 bridgehead atoms. The first kappa shape index (κ1) is 15.1. The second kappa shape index (κ2) is 5.14. The lowest BCUT2D eigenvalue weighted by Crippen LogP contribution is -2.48. The topological polar surface area (TPSA) is 29.1 Å². The molecule has 5 heteroatoms. The third kappa shape index (κ3) is 2.42. The van der Waals surface area contributed by atoms with Crippen molar-refractivity contribution in [1.29, 1.82) is 0 Å². The van der Waals surface area contributed by atoms with Crippen molar-refractivity contribution in [3.63, 3.8) is 0 Å². The molecule has 1 atom stereocenters. The number of hydrogen-bond donors (Lipinski definition) is 1. The van der Waals surface area contributed by atoms with Gasteiger partial charge in [0.2, 0.25) is 5.91 Å². The average molecular weight is 309 g/mol. The molecule has 1 N–H and O–H groups in total. The number of rotatable bonds is 1. The van der Waals surface area contributed by atoms with Crippen LogP contribution in [-0.2, 0) is 4.79 Å². The van der Waals surface area contributed by atoms with Gasteiger partial charge in [-0.15, -0.1) is 0 Å². The number of carbonyl (C=O) groups excluding carboxylic acids is 1. The van der Waals surface area contributed by atoms with Crippen molar-refractivity contribution in [2.24, 2.45) is 5.41 Å². The van der Waals surface area contributed by atoms with Crippen molar-refractivity contribution in [3.8, 4) is 0 Å². The Morgan fingerprint density at radius 2 is 1.73 bits per heavy atom. The van der Waals surface area contributed by atoms with E-state index in [4.69, 9.17) is 0 Å². The van der Waals surface area contributed by atoms with Gasteiger partial charge >= 0.3 is 6.18 Å². The number of carbonyl (C=O) groups is 1. The third-order valence-corrected chi connectivity index (χ3v) is 4.87. The van der Waals surface area contributed by atoms with Crippen molar-refractivity contribution in [2.45, 2.75) is 44.7 Å². The Labute approximate surface area is 127 Å². The number of allylic oxidation sites excluding steroid dienone is 2. The molecular formula is C17H18F3NO. The molecule has 3 rings (SSSR count). The van der Waals surface area contributed by atoms with E-state index in [9.17, 15) is 18.0 Å². The molecule has 1 unspecified atom stereocenters. The van der Waals surface area contributed by atoms with Crippen molar-refractivity contribution in [1.82, 2.24) is 5.32 Å². The highest BCUT2D eigenvalue weighted by molar-refractivity contribution is 5.87. The standard InChI is InChI=1S/C17H18F3NO/c1-11-4-6-12(7-5-11)13-10-14(17(18,19)20)21-15(22)16(13)8-2-3-9-16/h4-7,10,13H,2-3,8-9H2,1H3,(H,21,22). The molecule has 0 saturated heterocycles. The molecule has 22 heavy (non-hydrogen) atoms. The maximum Gasteiger partial charge on any atom is 0.431 e. The highest BCUT2D eigenvalue weighted by Crippen LogP contribution is 2.52. The van der Waals surface area contributed by atoms with Crippen LogP contribution >= 0.6 is 0 Å². The summed E-state index contributed by atoms with van der Waals surface area (Å²) in [6.07, 6.45) is -0.288. The number of aryl methyl sites for hydroxylation is 1. The fraction of sp³-hybridized carbons (Fsp3) is 0.471. The molecule has 2 nitrogen and oxygen atoms in total. The van der Waals surface area contributed by atoms with E-state index in [1.54, 1.807) is 0 Å². The lowest BCUT2D eigenvalue weighted by molar-refractivity contribution is -0.138. The van der Waals surface area contributed by atoms with E-state index in [0.717, 1.165) is 24.0 Å². The van der Waals surface area contributed by atoms with E-state index < -0.39 is 29.1 Å². The van der Waals surface area contributed by atoms with Crippen LogP contribution in [0.3, 0.4) is 0 Å². The number of hydrogen-bond acceptors (Lipinski definition) is 1. The van der Waals surface area contributed by atoms with Crippen LogP contribution in [0, 0.1) is 12.3 Å². The van der Waals surface area contributed by atoms with Gasteiger partial charge < -0.3 is 5.32 Å². The summed E-state index contributed by atoms with van der Waals surface area (Å²) in [6, 6.07) is 7.43. The first-order valence-electron chi connectivity index (χ1n) is 7.50. The minimum absolute atomic E-state index is 0.481. The van der Waals surface area contributed by atoms with E-state index in [0.29, 0.717) is 12.8 Å². The summed E-state index contributed by atoms with van der Waals surface area (Å²) in [5.74, 6) is -0.994. The van der Waals surface area contributed by atoms with Crippen molar-refractivity contribution in [2.75, 3.05) is 0 Å². The average Bonchev–Trinajstić information content (AvgIpc) is 2.92. The zero-order valence-corrected chi connectivity index (χ0v) is 12.3. The van der Waals surface area contributed by atoms with Gasteiger partial charge in [0.15, 0.2) is 0 Å². The Kier molecular flexibility index (Phi) is 3.54. The largest absolute Gasteiger partial charge is 0.431 e. The number of nitrogens with one attached hydrogen (secondary N) is 1. The molecule has 1 aliphatic heterocycles. The van der Waals surface area contributed by atoms with Crippen molar-refractivity contribution < 1.29 is 18.0 Å². The molecule has 1 aliphatic carbocycles. The van der Waals surface area contributed by atoms with Crippen molar-refractivity contribution in [3.05, 3.63) is 47.2 Å². The maximum atomic E-state index is 13.1. The van der Waals surface area contributed by atoms with Crippen LogP contribution in [0.15, 0.2) is 36.0 Å². The van der Waals surface area contributed by atoms with E-state index in [-0.39, 0.29) is 0 Å². The normalized spacial score (nSPS) is 24.3. The summed E-state index contributed by atoms with van der Waals surface area (Å²) in [5, 5.41) is 2.10. The summed E-state index contributed by atoms with van der Waals surface area (Å²) >= 11 is 0. The van der Waals surface area contributed by atoms with Crippen LogP contribution in [-0.4, -0.2) is 12.1 Å². The van der Waals surface area contributed by atoms with Gasteiger partial charge in [-0.25, -0.2) is 0 Å². The molecule has 1 amide bonds. The van der Waals surface area contributed by atoms with Gasteiger partial charge in [0.25, 0.3) is 0 Å². The summed E-state index contributed by atoms with van der Waals surface area (Å²) in [6.45, 7) is 1.93. The minimum atomic E-state index is -4.53. The molecule has 1 saturated carbocycles. The summed E-state index contributed by atoms with van der Waals surface area (Å²) < 4.78 is 39.2. The predicted molar refractivity (Wildman–Crippen MR) is 77.1 cm³/mol. The van der Waals surface area contributed by atoms with E-state index in [2.05, 4.69) is 5.32 Å². The molecule has 1 aromatic rings. The molecule has 1 aromatic carbocycles. The van der Waals surface area contributed by atoms with Gasteiger partial charge in [-0.2, -0.15) is 13.2 Å². The number of amides is 1. The molecule has 1 spiro atoms. The number of halogens is 3. The van der Waals surface area contributed by atoms with Gasteiger partial charge in [-0.3, -0.25) is 4.79 Å². The molecule has 1 fully saturated rings. The maximum absolute atomic E-state index is 13.1. The lowest BCUT2D eigenvalue weighted by Gasteiger charge is -2.39. The van der Waals surface area contributed by atoms with Crippen LogP contribution in [0.1, 0.15) is 42.7 Å². The Balaban J connectivity index is 2.10. The van der Waals surface area contributed by atoms with Crippen LogP contribution in [0.5, 0.6) is 0 Å². The van der Waals surface area contributed by atoms with E-state index in [1.165, 1.54) is 6.08 Å². The van der Waals surface area contributed by atoms with Crippen LogP contribution in [0.2, 0.25) is 0 Å². The van der Waals surface area contributed by atoms with Crippen LogP contribution < -0.4 is 5.32 Å². The molecule has 0 radical (unpaired) electrons. The molecule has 1 heterocycles. The highest BCUT2D eigenvalue weighted by Gasteiger charge is 2.52. The Morgan fingerprint density at radius 3 is 2.27 bits per heavy atom. The van der Waals surface area contributed by atoms with Gasteiger partial charge in [0.1, 0.15) is 5.70 Å². The second-order valence-electron chi connectivity index (χ2n) is 6.28. The quantitative estimate of drug-likeness (QED) is 0.827. The Hall–Kier alpha value is -1.78. The highest BCUT2D eigenvalue weighted by atomic mass is 19.4. The van der Waals surface area contributed by atoms with Crippen LogP contribution in [0.25, 0.3) is 0 Å². The molecule has 2 aliphatic rings. The minimum Gasteiger partial charge on any atom is -0.322 e. The van der Waals surface area contributed by atoms with Gasteiger partial charge in [-0.1, -0.05) is 42.7 Å². The number of alkyl halides is 3. The van der Waals surface area contributed by atoms with E-state index in [1.807, 2.05) is 31.2 Å². The van der Waals surface area contributed by atoms with Gasteiger partial charge in [0.05, 0.1) is 5.41 Å². The van der Waals surface area contributed by atoms with Crippen molar-refractivity contribution >= 4 is 5.91 Å². The fourth-order valence-electron chi connectivity index (χ4n) is 3.65. The lowest BCUT2D eigenvalue weighted by atomic mass is 9.68. The second-order valence-corrected chi connectivity index (χ2v) is 6.28. The monoisotopic (exact) mass is 309 g/mol. The third-order valence-electron chi connectivity index (χ3n) is 4.87. The predicted octanol–water partition coefficient (Wildman–Crippen LogP) is 4.22. The Bertz CT molecular complexity index is 610. The first-order chi connectivity index (χ1) is 10.3. The first-order valence-corrected chi connectivity index (χ1v) is 7.50. The summed E-state index contributed by atoms with van der Waals surface area (Å²) in [7, 11) is 0. The zero-order chi connectivity index (χ0) is 16.0. The smallest absolute Gasteiger partial charge is 0.322 e. The molecule has 118 valence electrons. The molecular weight excluding hydrogens is 291 g/mol. The molecule has 0 aromatic heterocycles. The Morgan fingerprint density at radius 1 is 1.14 bits per heavy atom. The zero-order valence-electron chi connectivity index (χ0n) is 12.3.